The number of imidazole rings is 1. The van der Waals surface area contributed by atoms with E-state index in [0.29, 0.717) is 22.6 Å². The second-order valence-electron chi connectivity index (χ2n) is 6.43. The van der Waals surface area contributed by atoms with Gasteiger partial charge < -0.3 is 15.0 Å². The number of aromatic nitrogens is 2. The fraction of sp³-hybridized carbons (Fsp3) is 0.250. The molecule has 27 heavy (non-hydrogen) atoms. The molecule has 0 radical (unpaired) electrons. The third-order valence-corrected chi connectivity index (χ3v) is 4.67. The second-order valence-corrected chi connectivity index (χ2v) is 6.43. The van der Waals surface area contributed by atoms with E-state index in [1.54, 1.807) is 59.0 Å². The summed E-state index contributed by atoms with van der Waals surface area (Å²) in [5.74, 6) is 0.309. The summed E-state index contributed by atoms with van der Waals surface area (Å²) in [4.78, 5) is 31.9. The zero-order chi connectivity index (χ0) is 18.8. The van der Waals surface area contributed by atoms with Gasteiger partial charge in [0, 0.05) is 31.0 Å². The molecule has 0 saturated carbocycles. The van der Waals surface area contributed by atoms with Crippen LogP contribution in [0.5, 0.6) is 5.75 Å². The number of benzene rings is 1. The number of carbonyl (C=O) groups is 2. The number of hydrogen-bond acceptors (Lipinski definition) is 4. The van der Waals surface area contributed by atoms with E-state index in [-0.39, 0.29) is 17.6 Å². The summed E-state index contributed by atoms with van der Waals surface area (Å²) >= 11 is 0. The molecule has 2 aromatic heterocycles. The van der Waals surface area contributed by atoms with Crippen LogP contribution in [-0.2, 0) is 0 Å². The van der Waals surface area contributed by atoms with Crippen molar-refractivity contribution in [3.63, 3.8) is 0 Å². The topological polar surface area (TPSA) is 75.9 Å². The zero-order valence-electron chi connectivity index (χ0n) is 15.0. The predicted molar refractivity (Wildman–Crippen MR) is 101 cm³/mol. The van der Waals surface area contributed by atoms with Crippen LogP contribution >= 0.6 is 0 Å². The molecule has 3 aromatic rings. The Morgan fingerprint density at radius 2 is 1.93 bits per heavy atom. The summed E-state index contributed by atoms with van der Waals surface area (Å²) < 4.78 is 6.83. The second kappa shape index (κ2) is 7.11. The monoisotopic (exact) mass is 364 g/mol. The normalized spacial score (nSPS) is 13.7. The van der Waals surface area contributed by atoms with Crippen LogP contribution < -0.4 is 10.1 Å². The zero-order valence-corrected chi connectivity index (χ0v) is 15.0. The van der Waals surface area contributed by atoms with Gasteiger partial charge in [-0.3, -0.25) is 14.0 Å². The highest BCUT2D eigenvalue weighted by Gasteiger charge is 2.26. The van der Waals surface area contributed by atoms with Gasteiger partial charge in [-0.25, -0.2) is 4.98 Å². The Hall–Kier alpha value is -3.35. The lowest BCUT2D eigenvalue weighted by molar-refractivity contribution is 0.0789. The maximum absolute atomic E-state index is 12.8. The maximum atomic E-state index is 12.8. The molecule has 1 saturated heterocycles. The number of ether oxygens (including phenoxy) is 1. The van der Waals surface area contributed by atoms with Crippen LogP contribution in [0.4, 0.5) is 5.69 Å². The van der Waals surface area contributed by atoms with Gasteiger partial charge in [0.25, 0.3) is 11.8 Å². The van der Waals surface area contributed by atoms with Crippen molar-refractivity contribution in [2.75, 3.05) is 25.5 Å². The van der Waals surface area contributed by atoms with Crippen LogP contribution in [0.1, 0.15) is 33.9 Å². The minimum absolute atomic E-state index is 0.128. The average molecular weight is 364 g/mol. The highest BCUT2D eigenvalue weighted by atomic mass is 16.5. The Morgan fingerprint density at radius 3 is 2.70 bits per heavy atom. The molecule has 4 rings (SSSR count). The minimum atomic E-state index is -0.384. The van der Waals surface area contributed by atoms with Gasteiger partial charge in [-0.1, -0.05) is 12.1 Å². The lowest BCUT2D eigenvalue weighted by Crippen LogP contribution is -2.28. The molecule has 0 bridgehead atoms. The Bertz CT molecular complexity index is 1010. The van der Waals surface area contributed by atoms with Crippen LogP contribution in [0, 0.1) is 0 Å². The van der Waals surface area contributed by atoms with Crippen molar-refractivity contribution in [2.24, 2.45) is 0 Å². The summed E-state index contributed by atoms with van der Waals surface area (Å²) in [5, 5.41) is 2.82. The summed E-state index contributed by atoms with van der Waals surface area (Å²) in [6, 6.07) is 12.5. The molecule has 1 N–H and O–H groups in total. The Morgan fingerprint density at radius 1 is 1.11 bits per heavy atom. The molecule has 7 heteroatoms. The minimum Gasteiger partial charge on any atom is -0.497 e. The summed E-state index contributed by atoms with van der Waals surface area (Å²) in [6.45, 7) is 1.46. The standard InChI is InChI=1S/C20H20N4O3/c1-27-15-8-6-7-14(13-15)21-19(25)18-22-17(16-9-2-3-12-24(16)18)20(26)23-10-4-5-11-23/h2-3,6-9,12-13H,4-5,10-11H2,1H3,(H,21,25). The number of fused-ring (bicyclic) bond motifs is 1. The molecule has 3 heterocycles. The largest absolute Gasteiger partial charge is 0.497 e. The number of likely N-dealkylation sites (tertiary alicyclic amines) is 1. The van der Waals surface area contributed by atoms with E-state index in [1.807, 2.05) is 6.07 Å². The number of amides is 2. The smallest absolute Gasteiger partial charge is 0.292 e. The van der Waals surface area contributed by atoms with Gasteiger partial charge in [0.15, 0.2) is 5.69 Å². The lowest BCUT2D eigenvalue weighted by atomic mass is 10.3. The summed E-state index contributed by atoms with van der Waals surface area (Å²) in [7, 11) is 1.57. The van der Waals surface area contributed by atoms with Crippen molar-refractivity contribution in [3.8, 4) is 5.75 Å². The Labute approximate surface area is 156 Å². The molecule has 0 spiro atoms. The van der Waals surface area contributed by atoms with Gasteiger partial charge in [-0.15, -0.1) is 0 Å². The van der Waals surface area contributed by atoms with Crippen molar-refractivity contribution < 1.29 is 14.3 Å². The molecule has 7 nitrogen and oxygen atoms in total. The molecule has 2 amide bonds. The van der Waals surface area contributed by atoms with Crippen molar-refractivity contribution in [1.82, 2.24) is 14.3 Å². The SMILES string of the molecule is COc1cccc(NC(=O)c2nc(C(=O)N3CCCC3)c3ccccn23)c1. The predicted octanol–water partition coefficient (Wildman–Crippen LogP) is 2.83. The van der Waals surface area contributed by atoms with Gasteiger partial charge >= 0.3 is 0 Å². The van der Waals surface area contributed by atoms with E-state index in [9.17, 15) is 9.59 Å². The van der Waals surface area contributed by atoms with Crippen molar-refractivity contribution in [1.29, 1.82) is 0 Å². The van der Waals surface area contributed by atoms with Crippen molar-refractivity contribution >= 4 is 23.0 Å². The van der Waals surface area contributed by atoms with Gasteiger partial charge in [0.1, 0.15) is 5.75 Å². The van der Waals surface area contributed by atoms with E-state index < -0.39 is 0 Å². The molecule has 1 aliphatic rings. The fourth-order valence-electron chi connectivity index (χ4n) is 3.31. The number of anilines is 1. The number of nitrogens with one attached hydrogen (secondary N) is 1. The maximum Gasteiger partial charge on any atom is 0.292 e. The highest BCUT2D eigenvalue weighted by molar-refractivity contribution is 6.06. The van der Waals surface area contributed by atoms with Crippen molar-refractivity contribution in [3.05, 3.63) is 60.2 Å². The molecule has 1 aromatic carbocycles. The van der Waals surface area contributed by atoms with Crippen LogP contribution in [-0.4, -0.2) is 46.3 Å². The number of carbonyl (C=O) groups excluding carboxylic acids is 2. The van der Waals surface area contributed by atoms with Crippen LogP contribution in [0.2, 0.25) is 0 Å². The highest BCUT2D eigenvalue weighted by Crippen LogP contribution is 2.21. The summed E-state index contributed by atoms with van der Waals surface area (Å²) in [6.07, 6.45) is 3.74. The van der Waals surface area contributed by atoms with E-state index in [0.717, 1.165) is 25.9 Å². The molecule has 1 fully saturated rings. The number of rotatable bonds is 4. The number of pyridine rings is 1. The van der Waals surface area contributed by atoms with E-state index in [1.165, 1.54) is 0 Å². The van der Waals surface area contributed by atoms with Gasteiger partial charge in [0.05, 0.1) is 12.6 Å². The first-order chi connectivity index (χ1) is 13.2. The third-order valence-electron chi connectivity index (χ3n) is 4.67. The first kappa shape index (κ1) is 17.1. The average Bonchev–Trinajstić information content (AvgIpc) is 3.36. The number of nitrogens with zero attached hydrogens (tertiary/aromatic N) is 3. The molecular formula is C20H20N4O3. The first-order valence-corrected chi connectivity index (χ1v) is 8.89. The molecular weight excluding hydrogens is 344 g/mol. The Kier molecular flexibility index (Phi) is 4.50. The van der Waals surface area contributed by atoms with E-state index in [4.69, 9.17) is 4.74 Å². The van der Waals surface area contributed by atoms with E-state index in [2.05, 4.69) is 10.3 Å². The number of hydrogen-bond donors (Lipinski definition) is 1. The van der Waals surface area contributed by atoms with Crippen LogP contribution in [0.25, 0.3) is 5.52 Å². The number of methoxy groups -OCH3 is 1. The summed E-state index contributed by atoms with van der Waals surface area (Å²) in [5.41, 5.74) is 1.54. The van der Waals surface area contributed by atoms with Crippen molar-refractivity contribution in [2.45, 2.75) is 12.8 Å². The first-order valence-electron chi connectivity index (χ1n) is 8.89. The van der Waals surface area contributed by atoms with Gasteiger partial charge in [0.2, 0.25) is 5.82 Å². The molecule has 0 aliphatic carbocycles. The molecule has 138 valence electrons. The van der Waals surface area contributed by atoms with Crippen LogP contribution in [0.3, 0.4) is 0 Å². The molecule has 0 atom stereocenters. The van der Waals surface area contributed by atoms with Gasteiger partial charge in [-0.2, -0.15) is 0 Å². The third kappa shape index (κ3) is 3.23. The lowest BCUT2D eigenvalue weighted by Gasteiger charge is -2.13. The van der Waals surface area contributed by atoms with Crippen LogP contribution in [0.15, 0.2) is 48.7 Å². The Balaban J connectivity index is 1.68. The molecule has 1 aliphatic heterocycles. The fourth-order valence-corrected chi connectivity index (χ4v) is 3.31. The molecule has 0 unspecified atom stereocenters. The van der Waals surface area contributed by atoms with Gasteiger partial charge in [-0.05, 0) is 37.1 Å². The quantitative estimate of drug-likeness (QED) is 0.772. The van der Waals surface area contributed by atoms with E-state index >= 15 is 0 Å².